The van der Waals surface area contributed by atoms with Gasteiger partial charge in [0, 0.05) is 6.54 Å². The third-order valence-electron chi connectivity index (χ3n) is 4.21. The third-order valence-corrected chi connectivity index (χ3v) is 4.21. The summed E-state index contributed by atoms with van der Waals surface area (Å²) in [5.74, 6) is -0.317. The molecule has 0 amide bonds. The van der Waals surface area contributed by atoms with Gasteiger partial charge in [-0.05, 0) is 43.7 Å². The fourth-order valence-electron chi connectivity index (χ4n) is 2.50. The van der Waals surface area contributed by atoms with Gasteiger partial charge in [-0.3, -0.25) is 0 Å². The molecular formula is C14H21NO3. The zero-order valence-electron chi connectivity index (χ0n) is 11.0. The number of hydrogen-bond acceptors (Lipinski definition) is 3. The van der Waals surface area contributed by atoms with Crippen LogP contribution >= 0.6 is 0 Å². The van der Waals surface area contributed by atoms with Gasteiger partial charge in [-0.15, -0.1) is 0 Å². The van der Waals surface area contributed by atoms with Gasteiger partial charge in [0.05, 0.1) is 6.04 Å². The second-order valence-corrected chi connectivity index (χ2v) is 5.32. The van der Waals surface area contributed by atoms with Gasteiger partial charge in [-0.1, -0.05) is 13.3 Å². The summed E-state index contributed by atoms with van der Waals surface area (Å²) in [5.41, 5.74) is 0.455. The van der Waals surface area contributed by atoms with E-state index < -0.39 is 5.97 Å². The molecule has 2 rings (SSSR count). The second-order valence-electron chi connectivity index (χ2n) is 5.32. The highest BCUT2D eigenvalue weighted by Gasteiger charge is 2.35. The van der Waals surface area contributed by atoms with Gasteiger partial charge >= 0.3 is 5.97 Å². The van der Waals surface area contributed by atoms with Crippen LogP contribution in [0.15, 0.2) is 16.5 Å². The molecule has 1 atom stereocenters. The molecule has 18 heavy (non-hydrogen) atoms. The smallest absolute Gasteiger partial charge is 0.371 e. The van der Waals surface area contributed by atoms with Crippen LogP contribution in [-0.2, 0) is 0 Å². The normalized spacial score (nSPS) is 19.2. The third kappa shape index (κ3) is 2.58. The zero-order chi connectivity index (χ0) is 13.2. The van der Waals surface area contributed by atoms with E-state index in [9.17, 15) is 4.79 Å². The molecule has 1 aromatic heterocycles. The first-order valence-corrected chi connectivity index (χ1v) is 6.63. The van der Waals surface area contributed by atoms with Crippen molar-refractivity contribution in [3.05, 3.63) is 23.7 Å². The Balaban J connectivity index is 1.90. The van der Waals surface area contributed by atoms with E-state index >= 15 is 0 Å². The molecule has 4 nitrogen and oxygen atoms in total. The molecule has 0 radical (unpaired) electrons. The Labute approximate surface area is 107 Å². The van der Waals surface area contributed by atoms with Crippen molar-refractivity contribution in [2.45, 2.75) is 45.6 Å². The summed E-state index contributed by atoms with van der Waals surface area (Å²) in [6.07, 6.45) is 5.11. The lowest BCUT2D eigenvalue weighted by Crippen LogP contribution is -2.40. The molecule has 1 aliphatic carbocycles. The van der Waals surface area contributed by atoms with Crippen LogP contribution in [-0.4, -0.2) is 17.6 Å². The first-order valence-electron chi connectivity index (χ1n) is 6.63. The minimum Gasteiger partial charge on any atom is -0.475 e. The largest absolute Gasteiger partial charge is 0.475 e. The summed E-state index contributed by atoms with van der Waals surface area (Å²) < 4.78 is 5.30. The monoisotopic (exact) mass is 251 g/mol. The van der Waals surface area contributed by atoms with Gasteiger partial charge in [0.25, 0.3) is 0 Å². The first-order chi connectivity index (χ1) is 8.56. The molecule has 1 aromatic rings. The van der Waals surface area contributed by atoms with Gasteiger partial charge in [-0.25, -0.2) is 4.79 Å². The summed E-state index contributed by atoms with van der Waals surface area (Å²) >= 11 is 0. The van der Waals surface area contributed by atoms with Crippen LogP contribution in [0.5, 0.6) is 0 Å². The van der Waals surface area contributed by atoms with E-state index in [1.165, 1.54) is 31.7 Å². The van der Waals surface area contributed by atoms with Crippen molar-refractivity contribution in [2.75, 3.05) is 6.54 Å². The lowest BCUT2D eigenvalue weighted by atomic mass is 9.67. The van der Waals surface area contributed by atoms with Gasteiger partial charge in [-0.2, -0.15) is 0 Å². The minimum absolute atomic E-state index is 0.00694. The molecular weight excluding hydrogens is 230 g/mol. The Morgan fingerprint density at radius 3 is 2.72 bits per heavy atom. The molecule has 1 heterocycles. The Hall–Kier alpha value is -1.29. The lowest BCUT2D eigenvalue weighted by molar-refractivity contribution is 0.0658. The summed E-state index contributed by atoms with van der Waals surface area (Å²) in [7, 11) is 0. The molecule has 1 unspecified atom stereocenters. The molecule has 1 aliphatic rings. The maximum Gasteiger partial charge on any atom is 0.371 e. The highest BCUT2D eigenvalue weighted by molar-refractivity contribution is 5.84. The summed E-state index contributed by atoms with van der Waals surface area (Å²) in [4.78, 5) is 10.7. The van der Waals surface area contributed by atoms with E-state index in [2.05, 4.69) is 12.2 Å². The number of hydrogen-bond donors (Lipinski definition) is 2. The Morgan fingerprint density at radius 2 is 2.28 bits per heavy atom. The zero-order valence-corrected chi connectivity index (χ0v) is 11.0. The number of furan rings is 1. The molecule has 4 heteroatoms. The predicted octanol–water partition coefficient (Wildman–Crippen LogP) is 3.21. The van der Waals surface area contributed by atoms with Crippen molar-refractivity contribution < 1.29 is 14.3 Å². The van der Waals surface area contributed by atoms with Crippen LogP contribution in [0, 0.1) is 5.41 Å². The van der Waals surface area contributed by atoms with Crippen LogP contribution in [0.1, 0.15) is 61.9 Å². The average Bonchev–Trinajstić information content (AvgIpc) is 2.77. The summed E-state index contributed by atoms with van der Waals surface area (Å²) in [6, 6.07) is 3.30. The molecule has 0 aliphatic heterocycles. The van der Waals surface area contributed by atoms with E-state index in [0.29, 0.717) is 11.2 Å². The standard InChI is InChI=1S/C14H21NO3/c1-3-14(7-4-8-14)9-15-10(2)11-5-6-12(18-11)13(16)17/h5-6,10,15H,3-4,7-9H2,1-2H3,(H,16,17). The first kappa shape index (κ1) is 13.1. The van der Waals surface area contributed by atoms with Gasteiger partial charge in [0.2, 0.25) is 5.76 Å². The Kier molecular flexibility index (Phi) is 3.76. The van der Waals surface area contributed by atoms with Crippen molar-refractivity contribution in [1.29, 1.82) is 0 Å². The van der Waals surface area contributed by atoms with Crippen LogP contribution in [0.25, 0.3) is 0 Å². The fourth-order valence-corrected chi connectivity index (χ4v) is 2.50. The van der Waals surface area contributed by atoms with E-state index in [-0.39, 0.29) is 11.8 Å². The molecule has 0 aromatic carbocycles. The van der Waals surface area contributed by atoms with Crippen LogP contribution in [0.3, 0.4) is 0 Å². The molecule has 1 saturated carbocycles. The van der Waals surface area contributed by atoms with Gasteiger partial charge in [0.15, 0.2) is 0 Å². The van der Waals surface area contributed by atoms with E-state index in [0.717, 1.165) is 6.54 Å². The van der Waals surface area contributed by atoms with Crippen molar-refractivity contribution in [2.24, 2.45) is 5.41 Å². The van der Waals surface area contributed by atoms with Crippen molar-refractivity contribution in [3.8, 4) is 0 Å². The number of nitrogens with one attached hydrogen (secondary N) is 1. The molecule has 0 bridgehead atoms. The van der Waals surface area contributed by atoms with E-state index in [1.54, 1.807) is 6.07 Å². The predicted molar refractivity (Wildman–Crippen MR) is 68.7 cm³/mol. The van der Waals surface area contributed by atoms with Gasteiger partial charge in [0.1, 0.15) is 5.76 Å². The highest BCUT2D eigenvalue weighted by Crippen LogP contribution is 2.43. The minimum atomic E-state index is -1.02. The van der Waals surface area contributed by atoms with Crippen LogP contribution in [0.2, 0.25) is 0 Å². The fraction of sp³-hybridized carbons (Fsp3) is 0.643. The molecule has 1 fully saturated rings. The van der Waals surface area contributed by atoms with Crippen LogP contribution in [0.4, 0.5) is 0 Å². The number of carbonyl (C=O) groups is 1. The van der Waals surface area contributed by atoms with Crippen molar-refractivity contribution in [3.63, 3.8) is 0 Å². The molecule has 100 valence electrons. The Bertz CT molecular complexity index is 415. The summed E-state index contributed by atoms with van der Waals surface area (Å²) in [6.45, 7) is 5.22. The number of carboxylic acids is 1. The second kappa shape index (κ2) is 5.14. The molecule has 0 spiro atoms. The average molecular weight is 251 g/mol. The maximum absolute atomic E-state index is 10.7. The Morgan fingerprint density at radius 1 is 1.56 bits per heavy atom. The highest BCUT2D eigenvalue weighted by atomic mass is 16.4. The topological polar surface area (TPSA) is 62.5 Å². The summed E-state index contributed by atoms with van der Waals surface area (Å²) in [5, 5.41) is 12.3. The van der Waals surface area contributed by atoms with E-state index in [4.69, 9.17) is 9.52 Å². The molecule has 0 saturated heterocycles. The van der Waals surface area contributed by atoms with Crippen molar-refractivity contribution >= 4 is 5.97 Å². The number of carboxylic acid groups (broad SMARTS) is 1. The lowest BCUT2D eigenvalue weighted by Gasteiger charge is -2.42. The van der Waals surface area contributed by atoms with Gasteiger partial charge < -0.3 is 14.8 Å². The number of rotatable bonds is 6. The maximum atomic E-state index is 10.7. The SMILES string of the molecule is CCC1(CNC(C)c2ccc(C(=O)O)o2)CCC1. The number of aromatic carboxylic acids is 1. The van der Waals surface area contributed by atoms with Crippen molar-refractivity contribution in [1.82, 2.24) is 5.32 Å². The quantitative estimate of drug-likeness (QED) is 0.815. The van der Waals surface area contributed by atoms with E-state index in [1.807, 2.05) is 6.92 Å². The molecule has 2 N–H and O–H groups in total. The van der Waals surface area contributed by atoms with Crippen LogP contribution < -0.4 is 5.32 Å².